The van der Waals surface area contributed by atoms with E-state index in [9.17, 15) is 25.2 Å². The van der Waals surface area contributed by atoms with Gasteiger partial charge < -0.3 is 39.7 Å². The molecule has 9 heteroatoms. The molecule has 3 aliphatic rings. The van der Waals surface area contributed by atoms with Crippen LogP contribution in [0.2, 0.25) is 0 Å². The average Bonchev–Trinajstić information content (AvgIpc) is 3.08. The molecule has 3 rings (SSSR count). The summed E-state index contributed by atoms with van der Waals surface area (Å²) in [6, 6.07) is 0. The SMILES string of the molecule is O=C1CC2C(C=C(CO)C2CO[C@@H]2O[C@H](CO)[C@@H](O)[C@H](O)[C@H]2O)O1. The highest BCUT2D eigenvalue weighted by Gasteiger charge is 2.47. The van der Waals surface area contributed by atoms with E-state index in [0.717, 1.165) is 0 Å². The third kappa shape index (κ3) is 3.08. The molecule has 9 nitrogen and oxygen atoms in total. The largest absolute Gasteiger partial charge is 0.458 e. The number of aliphatic hydroxyl groups excluding tert-OH is 5. The summed E-state index contributed by atoms with van der Waals surface area (Å²) in [4.78, 5) is 11.4. The highest BCUT2D eigenvalue weighted by atomic mass is 16.7. The molecule has 0 spiro atoms. The summed E-state index contributed by atoms with van der Waals surface area (Å²) in [5, 5.41) is 48.1. The van der Waals surface area contributed by atoms with E-state index in [1.165, 1.54) is 0 Å². The van der Waals surface area contributed by atoms with E-state index in [4.69, 9.17) is 19.3 Å². The third-order valence-corrected chi connectivity index (χ3v) is 4.93. The average molecular weight is 346 g/mol. The number of hydrogen-bond donors (Lipinski definition) is 5. The van der Waals surface area contributed by atoms with Crippen molar-refractivity contribution in [2.24, 2.45) is 11.8 Å². The molecule has 2 saturated heterocycles. The van der Waals surface area contributed by atoms with Gasteiger partial charge in [0.05, 0.1) is 26.2 Å². The number of carbonyl (C=O) groups excluding carboxylic acids is 1. The topological polar surface area (TPSA) is 146 Å². The lowest BCUT2D eigenvalue weighted by Gasteiger charge is -2.40. The molecule has 0 radical (unpaired) electrons. The molecule has 2 heterocycles. The Bertz CT molecular complexity index is 505. The van der Waals surface area contributed by atoms with Gasteiger partial charge in [0.2, 0.25) is 0 Å². The molecule has 0 amide bonds. The summed E-state index contributed by atoms with van der Waals surface area (Å²) >= 11 is 0. The van der Waals surface area contributed by atoms with Gasteiger partial charge in [0.15, 0.2) is 6.29 Å². The van der Waals surface area contributed by atoms with Crippen LogP contribution >= 0.6 is 0 Å². The summed E-state index contributed by atoms with van der Waals surface area (Å²) in [5.74, 6) is -0.737. The van der Waals surface area contributed by atoms with Crippen LogP contribution in [0.3, 0.4) is 0 Å². The molecule has 3 unspecified atom stereocenters. The maximum atomic E-state index is 11.4. The Hall–Kier alpha value is -1.07. The zero-order valence-electron chi connectivity index (χ0n) is 12.9. The van der Waals surface area contributed by atoms with E-state index in [1.54, 1.807) is 6.08 Å². The Morgan fingerprint density at radius 3 is 2.58 bits per heavy atom. The van der Waals surface area contributed by atoms with Crippen molar-refractivity contribution < 1.29 is 44.5 Å². The summed E-state index contributed by atoms with van der Waals surface area (Å²) in [6.07, 6.45) is -5.20. The lowest BCUT2D eigenvalue weighted by atomic mass is 9.89. The van der Waals surface area contributed by atoms with Gasteiger partial charge in [-0.2, -0.15) is 0 Å². The van der Waals surface area contributed by atoms with Crippen LogP contribution in [0.1, 0.15) is 6.42 Å². The lowest BCUT2D eigenvalue weighted by molar-refractivity contribution is -0.303. The van der Waals surface area contributed by atoms with E-state index in [1.807, 2.05) is 0 Å². The number of ether oxygens (including phenoxy) is 3. The molecule has 24 heavy (non-hydrogen) atoms. The van der Waals surface area contributed by atoms with Crippen molar-refractivity contribution in [1.29, 1.82) is 0 Å². The number of fused-ring (bicyclic) bond motifs is 1. The molecular formula is C15H22O9. The Kier molecular flexibility index (Phi) is 5.21. The van der Waals surface area contributed by atoms with Gasteiger partial charge in [-0.05, 0) is 11.6 Å². The van der Waals surface area contributed by atoms with E-state index in [0.29, 0.717) is 5.57 Å². The summed E-state index contributed by atoms with van der Waals surface area (Å²) in [6.45, 7) is -0.705. The molecule has 0 saturated carbocycles. The molecule has 136 valence electrons. The Labute approximate surface area is 138 Å². The Balaban J connectivity index is 1.64. The fourth-order valence-electron chi connectivity index (χ4n) is 3.54. The summed E-state index contributed by atoms with van der Waals surface area (Å²) in [5.41, 5.74) is 0.682. The van der Waals surface area contributed by atoms with Crippen molar-refractivity contribution in [1.82, 2.24) is 0 Å². The molecule has 1 aliphatic carbocycles. The summed E-state index contributed by atoms with van der Waals surface area (Å²) in [7, 11) is 0. The van der Waals surface area contributed by atoms with Gasteiger partial charge in [-0.25, -0.2) is 0 Å². The van der Waals surface area contributed by atoms with Gasteiger partial charge in [-0.1, -0.05) is 0 Å². The van der Waals surface area contributed by atoms with Crippen LogP contribution in [0, 0.1) is 11.8 Å². The van der Waals surface area contributed by atoms with Crippen LogP contribution in [0.5, 0.6) is 0 Å². The van der Waals surface area contributed by atoms with Crippen LogP contribution in [0.4, 0.5) is 0 Å². The molecule has 0 bridgehead atoms. The first-order valence-corrected chi connectivity index (χ1v) is 7.89. The van der Waals surface area contributed by atoms with Gasteiger partial charge >= 0.3 is 5.97 Å². The molecule has 0 aromatic rings. The first-order valence-electron chi connectivity index (χ1n) is 7.89. The second-order valence-corrected chi connectivity index (χ2v) is 6.36. The number of hydrogen-bond acceptors (Lipinski definition) is 9. The van der Waals surface area contributed by atoms with Crippen LogP contribution in [0.25, 0.3) is 0 Å². The number of aliphatic hydroxyl groups is 5. The zero-order valence-corrected chi connectivity index (χ0v) is 12.9. The fraction of sp³-hybridized carbons (Fsp3) is 0.800. The predicted molar refractivity (Wildman–Crippen MR) is 76.4 cm³/mol. The molecule has 0 aromatic heterocycles. The molecule has 2 aliphatic heterocycles. The summed E-state index contributed by atoms with van der Waals surface area (Å²) < 4.78 is 16.0. The smallest absolute Gasteiger partial charge is 0.306 e. The van der Waals surface area contributed by atoms with Crippen LogP contribution in [0.15, 0.2) is 11.6 Å². The van der Waals surface area contributed by atoms with E-state index < -0.39 is 37.3 Å². The number of carbonyl (C=O) groups is 1. The fourth-order valence-corrected chi connectivity index (χ4v) is 3.54. The van der Waals surface area contributed by atoms with E-state index in [-0.39, 0.29) is 43.5 Å². The van der Waals surface area contributed by atoms with Gasteiger partial charge in [0, 0.05) is 11.8 Å². The molecule has 2 fully saturated rings. The second-order valence-electron chi connectivity index (χ2n) is 6.36. The number of rotatable bonds is 5. The molecule has 8 atom stereocenters. The molecule has 0 aromatic carbocycles. The Morgan fingerprint density at radius 1 is 1.17 bits per heavy atom. The monoisotopic (exact) mass is 346 g/mol. The van der Waals surface area contributed by atoms with Crippen molar-refractivity contribution in [3.05, 3.63) is 11.6 Å². The maximum absolute atomic E-state index is 11.4. The number of esters is 1. The zero-order chi connectivity index (χ0) is 17.4. The normalized spacial score (nSPS) is 45.0. The highest BCUT2D eigenvalue weighted by molar-refractivity contribution is 5.73. The minimum Gasteiger partial charge on any atom is -0.458 e. The quantitative estimate of drug-likeness (QED) is 0.265. The van der Waals surface area contributed by atoms with Crippen molar-refractivity contribution in [2.45, 2.75) is 43.2 Å². The van der Waals surface area contributed by atoms with Crippen LogP contribution < -0.4 is 0 Å². The molecular weight excluding hydrogens is 324 g/mol. The predicted octanol–water partition coefficient (Wildman–Crippen LogP) is -2.72. The minimum absolute atomic E-state index is 0.0346. The van der Waals surface area contributed by atoms with Crippen molar-refractivity contribution >= 4 is 5.97 Å². The highest BCUT2D eigenvalue weighted by Crippen LogP contribution is 2.41. The van der Waals surface area contributed by atoms with Crippen molar-refractivity contribution in [3.8, 4) is 0 Å². The van der Waals surface area contributed by atoms with Gasteiger partial charge in [0.25, 0.3) is 0 Å². The lowest BCUT2D eigenvalue weighted by Crippen LogP contribution is -2.59. The van der Waals surface area contributed by atoms with Crippen molar-refractivity contribution in [3.63, 3.8) is 0 Å². The minimum atomic E-state index is -1.51. The van der Waals surface area contributed by atoms with Gasteiger partial charge in [-0.15, -0.1) is 0 Å². The second kappa shape index (κ2) is 7.04. The van der Waals surface area contributed by atoms with Gasteiger partial charge in [-0.3, -0.25) is 4.79 Å². The Morgan fingerprint density at radius 2 is 1.92 bits per heavy atom. The maximum Gasteiger partial charge on any atom is 0.306 e. The third-order valence-electron chi connectivity index (χ3n) is 4.93. The van der Waals surface area contributed by atoms with E-state index >= 15 is 0 Å². The van der Waals surface area contributed by atoms with Crippen LogP contribution in [-0.4, -0.2) is 88.1 Å². The van der Waals surface area contributed by atoms with E-state index in [2.05, 4.69) is 0 Å². The standard InChI is InChI=1S/C15H22O9/c16-3-6-1-9-7(2-11(18)23-9)8(6)5-22-15-14(21)13(20)12(19)10(4-17)24-15/h1,7-10,12-17,19-21H,2-5H2/t7?,8?,9?,10-,12-,13+,14-,15-/m1/s1. The first-order chi connectivity index (χ1) is 11.5. The molecule has 5 N–H and O–H groups in total. The van der Waals surface area contributed by atoms with Crippen molar-refractivity contribution in [2.75, 3.05) is 19.8 Å². The van der Waals surface area contributed by atoms with Crippen LogP contribution in [-0.2, 0) is 19.0 Å². The first kappa shape index (κ1) is 17.7. The van der Waals surface area contributed by atoms with Gasteiger partial charge in [0.1, 0.15) is 30.5 Å².